The average Bonchev–Trinajstić information content (AvgIpc) is 2.62. The smallest absolute Gasteiger partial charge is 0.229 e. The van der Waals surface area contributed by atoms with Crippen LogP contribution in [0, 0.1) is 18.7 Å². The number of nitrogens with zero attached hydrogens (tertiary/aromatic N) is 1. The lowest BCUT2D eigenvalue weighted by Gasteiger charge is -2.25. The second-order valence-corrected chi connectivity index (χ2v) is 9.09. The molecule has 0 aliphatic heterocycles. The first-order valence-corrected chi connectivity index (χ1v) is 11.0. The SMILES string of the molecule is Cc1cc([C@@H](C)NC(=O)[C@@H]2CCc3ncccc3C2)c(F)cc1NS(C)(=O)=O. The number of aryl methyl sites for hydroxylation is 2. The molecule has 0 unspecified atom stereocenters. The van der Waals surface area contributed by atoms with Crippen molar-refractivity contribution in [3.8, 4) is 0 Å². The number of halogens is 1. The van der Waals surface area contributed by atoms with Crippen molar-refractivity contribution < 1.29 is 17.6 Å². The van der Waals surface area contributed by atoms with Gasteiger partial charge in [-0.15, -0.1) is 0 Å². The number of fused-ring (bicyclic) bond motifs is 1. The van der Waals surface area contributed by atoms with Gasteiger partial charge in [-0.1, -0.05) is 6.07 Å². The number of benzene rings is 1. The van der Waals surface area contributed by atoms with Gasteiger partial charge in [-0.2, -0.15) is 0 Å². The van der Waals surface area contributed by atoms with E-state index in [1.807, 2.05) is 12.1 Å². The van der Waals surface area contributed by atoms with Crippen molar-refractivity contribution >= 4 is 21.6 Å². The Bertz CT molecular complexity index is 1010. The van der Waals surface area contributed by atoms with Crippen LogP contribution in [0.3, 0.4) is 0 Å². The molecule has 1 aliphatic carbocycles. The molecule has 1 aromatic heterocycles. The van der Waals surface area contributed by atoms with Gasteiger partial charge in [-0.3, -0.25) is 14.5 Å². The molecule has 6 nitrogen and oxygen atoms in total. The predicted molar refractivity (Wildman–Crippen MR) is 106 cm³/mol. The molecule has 0 saturated carbocycles. The van der Waals surface area contributed by atoms with Crippen LogP contribution in [-0.2, 0) is 27.7 Å². The Balaban J connectivity index is 1.72. The monoisotopic (exact) mass is 405 g/mol. The average molecular weight is 405 g/mol. The van der Waals surface area contributed by atoms with Crippen molar-refractivity contribution in [3.05, 3.63) is 58.7 Å². The molecule has 2 atom stereocenters. The third kappa shape index (κ3) is 4.67. The lowest BCUT2D eigenvalue weighted by molar-refractivity contribution is -0.126. The van der Waals surface area contributed by atoms with E-state index in [2.05, 4.69) is 15.0 Å². The predicted octanol–water partition coefficient (Wildman–Crippen LogP) is 2.88. The number of aromatic nitrogens is 1. The minimum atomic E-state index is -3.50. The van der Waals surface area contributed by atoms with Gasteiger partial charge in [-0.05, 0) is 62.4 Å². The van der Waals surface area contributed by atoms with Gasteiger partial charge in [0.05, 0.1) is 18.0 Å². The van der Waals surface area contributed by atoms with Gasteiger partial charge in [0.25, 0.3) is 0 Å². The van der Waals surface area contributed by atoms with E-state index in [-0.39, 0.29) is 17.5 Å². The van der Waals surface area contributed by atoms with Gasteiger partial charge < -0.3 is 5.32 Å². The number of carbonyl (C=O) groups excluding carboxylic acids is 1. The number of hydrogen-bond acceptors (Lipinski definition) is 4. The summed E-state index contributed by atoms with van der Waals surface area (Å²) in [5.41, 5.74) is 3.22. The number of pyridine rings is 1. The highest BCUT2D eigenvalue weighted by molar-refractivity contribution is 7.92. The van der Waals surface area contributed by atoms with E-state index in [4.69, 9.17) is 0 Å². The van der Waals surface area contributed by atoms with Crippen LogP contribution in [0.25, 0.3) is 0 Å². The Morgan fingerprint density at radius 1 is 1.36 bits per heavy atom. The second kappa shape index (κ2) is 7.87. The maximum Gasteiger partial charge on any atom is 0.229 e. The molecule has 2 aromatic rings. The van der Waals surface area contributed by atoms with Crippen molar-refractivity contribution in [2.75, 3.05) is 11.0 Å². The normalized spacial score (nSPS) is 17.5. The number of hydrogen-bond donors (Lipinski definition) is 2. The van der Waals surface area contributed by atoms with Gasteiger partial charge in [-0.25, -0.2) is 12.8 Å². The van der Waals surface area contributed by atoms with E-state index in [0.29, 0.717) is 24.0 Å². The standard InChI is InChI=1S/C20H24FN3O3S/c1-12-9-16(17(21)11-19(12)24-28(3,26)27)13(2)23-20(25)15-6-7-18-14(10-15)5-4-8-22-18/h4-5,8-9,11,13,15,24H,6-7,10H2,1-3H3,(H,23,25)/t13-,15-/m1/s1. The Morgan fingerprint density at radius 2 is 2.11 bits per heavy atom. The lowest BCUT2D eigenvalue weighted by atomic mass is 9.86. The van der Waals surface area contributed by atoms with E-state index < -0.39 is 21.9 Å². The number of anilines is 1. The minimum Gasteiger partial charge on any atom is -0.349 e. The fourth-order valence-electron chi connectivity index (χ4n) is 3.54. The summed E-state index contributed by atoms with van der Waals surface area (Å²) in [5.74, 6) is -0.852. The van der Waals surface area contributed by atoms with Crippen LogP contribution < -0.4 is 10.0 Å². The number of carbonyl (C=O) groups is 1. The molecule has 1 aliphatic rings. The summed E-state index contributed by atoms with van der Waals surface area (Å²) in [6.07, 6.45) is 4.86. The highest BCUT2D eigenvalue weighted by atomic mass is 32.2. The molecule has 2 N–H and O–H groups in total. The molecule has 0 saturated heterocycles. The van der Waals surface area contributed by atoms with E-state index in [1.165, 1.54) is 0 Å². The first kappa shape index (κ1) is 20.3. The van der Waals surface area contributed by atoms with Gasteiger partial charge in [0, 0.05) is 23.4 Å². The number of sulfonamides is 1. The van der Waals surface area contributed by atoms with Gasteiger partial charge in [0.15, 0.2) is 0 Å². The topological polar surface area (TPSA) is 88.2 Å². The third-order valence-electron chi connectivity index (χ3n) is 5.02. The molecular formula is C20H24FN3O3S. The summed E-state index contributed by atoms with van der Waals surface area (Å²) in [7, 11) is -3.50. The molecule has 3 rings (SSSR count). The van der Waals surface area contributed by atoms with Gasteiger partial charge >= 0.3 is 0 Å². The molecule has 8 heteroatoms. The lowest BCUT2D eigenvalue weighted by Crippen LogP contribution is -2.36. The van der Waals surface area contributed by atoms with E-state index in [0.717, 1.165) is 30.0 Å². The molecular weight excluding hydrogens is 381 g/mol. The van der Waals surface area contributed by atoms with Crippen molar-refractivity contribution in [2.24, 2.45) is 5.92 Å². The quantitative estimate of drug-likeness (QED) is 0.801. The summed E-state index contributed by atoms with van der Waals surface area (Å²) >= 11 is 0. The molecule has 28 heavy (non-hydrogen) atoms. The number of nitrogens with one attached hydrogen (secondary N) is 2. The summed E-state index contributed by atoms with van der Waals surface area (Å²) in [6.45, 7) is 3.41. The van der Waals surface area contributed by atoms with E-state index in [1.54, 1.807) is 26.1 Å². The highest BCUT2D eigenvalue weighted by Gasteiger charge is 2.27. The Hall–Kier alpha value is -2.48. The molecule has 150 valence electrons. The Morgan fingerprint density at radius 3 is 2.82 bits per heavy atom. The fourth-order valence-corrected chi connectivity index (χ4v) is 4.16. The first-order chi connectivity index (χ1) is 13.1. The summed E-state index contributed by atoms with van der Waals surface area (Å²) in [5, 5.41) is 2.89. The fraction of sp³-hybridized carbons (Fsp3) is 0.400. The zero-order valence-electron chi connectivity index (χ0n) is 16.1. The zero-order valence-corrected chi connectivity index (χ0v) is 16.9. The first-order valence-electron chi connectivity index (χ1n) is 9.15. The zero-order chi connectivity index (χ0) is 20.5. The Kier molecular flexibility index (Phi) is 5.69. The molecule has 1 amide bonds. The Labute approximate surface area is 164 Å². The number of rotatable bonds is 5. The number of amides is 1. The van der Waals surface area contributed by atoms with Crippen LogP contribution in [0.4, 0.5) is 10.1 Å². The van der Waals surface area contributed by atoms with E-state index >= 15 is 0 Å². The maximum atomic E-state index is 14.6. The summed E-state index contributed by atoms with van der Waals surface area (Å²) < 4.78 is 39.6. The minimum absolute atomic E-state index is 0.114. The van der Waals surface area contributed by atoms with E-state index in [9.17, 15) is 17.6 Å². The summed E-state index contributed by atoms with van der Waals surface area (Å²) in [4.78, 5) is 17.0. The molecule has 0 fully saturated rings. The molecule has 1 aromatic carbocycles. The van der Waals surface area contributed by atoms with Crippen molar-refractivity contribution in [2.45, 2.75) is 39.2 Å². The van der Waals surface area contributed by atoms with Crippen LogP contribution in [0.1, 0.15) is 41.8 Å². The van der Waals surface area contributed by atoms with Crippen LogP contribution in [0.2, 0.25) is 0 Å². The highest BCUT2D eigenvalue weighted by Crippen LogP contribution is 2.27. The van der Waals surface area contributed by atoms with Crippen LogP contribution in [-0.4, -0.2) is 25.6 Å². The van der Waals surface area contributed by atoms with Crippen LogP contribution in [0.5, 0.6) is 0 Å². The molecule has 1 heterocycles. The van der Waals surface area contributed by atoms with Crippen LogP contribution >= 0.6 is 0 Å². The summed E-state index contributed by atoms with van der Waals surface area (Å²) in [6, 6.07) is 6.03. The van der Waals surface area contributed by atoms with Gasteiger partial charge in [0.1, 0.15) is 5.82 Å². The van der Waals surface area contributed by atoms with Crippen molar-refractivity contribution in [1.82, 2.24) is 10.3 Å². The molecule has 0 bridgehead atoms. The maximum absolute atomic E-state index is 14.6. The van der Waals surface area contributed by atoms with Crippen molar-refractivity contribution in [3.63, 3.8) is 0 Å². The van der Waals surface area contributed by atoms with Crippen molar-refractivity contribution in [1.29, 1.82) is 0 Å². The second-order valence-electron chi connectivity index (χ2n) is 7.34. The largest absolute Gasteiger partial charge is 0.349 e. The molecule has 0 radical (unpaired) electrons. The third-order valence-corrected chi connectivity index (χ3v) is 5.61. The molecule has 0 spiro atoms. The van der Waals surface area contributed by atoms with Gasteiger partial charge in [0.2, 0.25) is 15.9 Å². The van der Waals surface area contributed by atoms with Crippen LogP contribution in [0.15, 0.2) is 30.5 Å².